The molecule has 106 valence electrons. The molecule has 3 rings (SSSR count). The lowest BCUT2D eigenvalue weighted by Gasteiger charge is -1.88. The molecule has 0 spiro atoms. The normalized spacial score (nSPS) is 10.7. The summed E-state index contributed by atoms with van der Waals surface area (Å²) in [5, 5.41) is 40.1. The van der Waals surface area contributed by atoms with E-state index in [9.17, 15) is 20.2 Å². The summed E-state index contributed by atoms with van der Waals surface area (Å²) >= 11 is 0. The maximum absolute atomic E-state index is 10.7. The maximum atomic E-state index is 10.7. The van der Waals surface area contributed by atoms with Crippen molar-refractivity contribution in [1.82, 2.24) is 35.8 Å². The van der Waals surface area contributed by atoms with Gasteiger partial charge in [0, 0.05) is 0 Å². The minimum absolute atomic E-state index is 0.185. The van der Waals surface area contributed by atoms with E-state index in [2.05, 4.69) is 45.1 Å². The fourth-order valence-electron chi connectivity index (χ4n) is 1.37. The summed E-state index contributed by atoms with van der Waals surface area (Å²) in [6, 6.07) is 0. The molecule has 3 aromatic heterocycles. The van der Waals surface area contributed by atoms with E-state index >= 15 is 0 Å². The van der Waals surface area contributed by atoms with Crippen LogP contribution in [0, 0.1) is 20.2 Å². The van der Waals surface area contributed by atoms with Crippen LogP contribution in [-0.4, -0.2) is 45.7 Å². The zero-order valence-electron chi connectivity index (χ0n) is 9.53. The zero-order chi connectivity index (χ0) is 15.0. The fraction of sp³-hybridized carbons (Fsp3) is 0. The Bertz CT molecular complexity index is 765. The minimum atomic E-state index is -0.845. The largest absolute Gasteiger partial charge is 0.446 e. The van der Waals surface area contributed by atoms with Crippen molar-refractivity contribution in [2.24, 2.45) is 0 Å². The van der Waals surface area contributed by atoms with Crippen molar-refractivity contribution in [1.29, 1.82) is 0 Å². The average Bonchev–Trinajstić information content (AvgIpc) is 3.17. The van der Waals surface area contributed by atoms with Crippen LogP contribution in [0.25, 0.3) is 23.0 Å². The van der Waals surface area contributed by atoms with Crippen LogP contribution in [0.2, 0.25) is 0 Å². The Balaban J connectivity index is 2.04. The van der Waals surface area contributed by atoms with Gasteiger partial charge in [0.15, 0.2) is 16.1 Å². The predicted octanol–water partition coefficient (Wildman–Crippen LogP) is -0.279. The first-order valence-corrected chi connectivity index (χ1v) is 4.95. The van der Waals surface area contributed by atoms with Crippen LogP contribution in [0.5, 0.6) is 0 Å². The lowest BCUT2D eigenvalue weighted by atomic mass is 10.4. The second-order valence-corrected chi connectivity index (χ2v) is 3.39. The van der Waals surface area contributed by atoms with Crippen LogP contribution in [0.3, 0.4) is 0 Å². The van der Waals surface area contributed by atoms with E-state index in [-0.39, 0.29) is 23.0 Å². The second-order valence-electron chi connectivity index (χ2n) is 3.39. The predicted molar refractivity (Wildman–Crippen MR) is 56.3 cm³/mol. The second kappa shape index (κ2) is 4.40. The van der Waals surface area contributed by atoms with Crippen molar-refractivity contribution in [3.05, 3.63) is 20.2 Å². The number of aromatic nitrogens is 7. The van der Waals surface area contributed by atoms with E-state index in [1.807, 2.05) is 0 Å². The van der Waals surface area contributed by atoms with Crippen LogP contribution in [0.1, 0.15) is 0 Å². The van der Waals surface area contributed by atoms with Crippen molar-refractivity contribution in [3.63, 3.8) is 0 Å². The molecule has 1 N–H and O–H groups in total. The third kappa shape index (κ3) is 1.93. The first-order chi connectivity index (χ1) is 10.1. The van der Waals surface area contributed by atoms with Crippen molar-refractivity contribution in [2.75, 3.05) is 0 Å². The summed E-state index contributed by atoms with van der Waals surface area (Å²) in [4.78, 5) is 23.5. The number of aromatic amines is 1. The van der Waals surface area contributed by atoms with Gasteiger partial charge in [-0.15, -0.1) is 9.26 Å². The van der Waals surface area contributed by atoms with Crippen molar-refractivity contribution in [2.45, 2.75) is 0 Å². The third-order valence-corrected chi connectivity index (χ3v) is 2.21. The van der Waals surface area contributed by atoms with E-state index in [1.165, 1.54) is 0 Å². The van der Waals surface area contributed by atoms with Gasteiger partial charge in [-0.3, -0.25) is 5.10 Å². The van der Waals surface area contributed by atoms with Gasteiger partial charge in [-0.05, 0) is 20.2 Å². The first-order valence-electron chi connectivity index (χ1n) is 4.95. The molecular formula is C6HN9O6. The number of nitrogens with zero attached hydrogens (tertiary/aromatic N) is 8. The molecular weight excluding hydrogens is 294 g/mol. The highest BCUT2D eigenvalue weighted by Gasteiger charge is 2.30. The number of hydrogen-bond acceptors (Lipinski definition) is 12. The van der Waals surface area contributed by atoms with E-state index in [4.69, 9.17) is 0 Å². The highest BCUT2D eigenvalue weighted by Crippen LogP contribution is 2.27. The molecule has 0 amide bonds. The van der Waals surface area contributed by atoms with Gasteiger partial charge in [-0.1, -0.05) is 0 Å². The molecule has 0 aliphatic rings. The van der Waals surface area contributed by atoms with Gasteiger partial charge >= 0.3 is 11.6 Å². The van der Waals surface area contributed by atoms with E-state index in [0.717, 1.165) is 0 Å². The van der Waals surface area contributed by atoms with Crippen molar-refractivity contribution < 1.29 is 19.1 Å². The number of nitrogens with one attached hydrogen (secondary N) is 1. The molecule has 0 aliphatic heterocycles. The zero-order valence-corrected chi connectivity index (χ0v) is 9.53. The van der Waals surface area contributed by atoms with Gasteiger partial charge in [0.25, 0.3) is 11.4 Å². The van der Waals surface area contributed by atoms with Gasteiger partial charge in [0.2, 0.25) is 5.82 Å². The van der Waals surface area contributed by atoms with Gasteiger partial charge in [-0.2, -0.15) is 5.10 Å². The third-order valence-electron chi connectivity index (χ3n) is 2.21. The number of nitro groups is 2. The Labute approximate surface area is 111 Å². The minimum Gasteiger partial charge on any atom is -0.358 e. The molecule has 15 nitrogen and oxygen atoms in total. The van der Waals surface area contributed by atoms with Crippen LogP contribution in [0.4, 0.5) is 11.6 Å². The van der Waals surface area contributed by atoms with Crippen LogP contribution in [0.15, 0.2) is 9.26 Å². The lowest BCUT2D eigenvalue weighted by molar-refractivity contribution is -0.390. The molecule has 21 heavy (non-hydrogen) atoms. The molecule has 0 aliphatic carbocycles. The Morgan fingerprint density at radius 3 is 2.10 bits per heavy atom. The summed E-state index contributed by atoms with van der Waals surface area (Å²) in [6.07, 6.45) is 0. The number of hydrogen-bond donors (Lipinski definition) is 1. The molecule has 0 saturated heterocycles. The smallest absolute Gasteiger partial charge is 0.358 e. The Hall–Kier alpha value is -3.78. The molecule has 3 heterocycles. The summed E-state index contributed by atoms with van der Waals surface area (Å²) in [5.41, 5.74) is -0.667. The summed E-state index contributed by atoms with van der Waals surface area (Å²) in [5.74, 6) is -1.83. The lowest BCUT2D eigenvalue weighted by Crippen LogP contribution is -1.93. The molecule has 3 aromatic rings. The van der Waals surface area contributed by atoms with Crippen molar-refractivity contribution >= 4 is 11.6 Å². The monoisotopic (exact) mass is 295 g/mol. The molecule has 0 unspecified atom stereocenters. The van der Waals surface area contributed by atoms with Gasteiger partial charge in [-0.25, -0.2) is 4.98 Å². The van der Waals surface area contributed by atoms with Crippen LogP contribution >= 0.6 is 0 Å². The molecule has 0 radical (unpaired) electrons. The fourth-order valence-corrected chi connectivity index (χ4v) is 1.37. The van der Waals surface area contributed by atoms with Gasteiger partial charge in [0.1, 0.15) is 0 Å². The van der Waals surface area contributed by atoms with E-state index < -0.39 is 21.5 Å². The van der Waals surface area contributed by atoms with Crippen LogP contribution in [-0.2, 0) is 0 Å². The standard InChI is InChI=1S/C6HN9O6/c16-14(17)5-1(10-20-12-5)3-7-4(9-8-3)2-6(15(18)19)13-21-11-2/h(H,7,8,9). The number of rotatable bonds is 4. The molecule has 0 saturated carbocycles. The van der Waals surface area contributed by atoms with Crippen molar-refractivity contribution in [3.8, 4) is 23.0 Å². The van der Waals surface area contributed by atoms with E-state index in [1.54, 1.807) is 0 Å². The Morgan fingerprint density at radius 2 is 1.48 bits per heavy atom. The highest BCUT2D eigenvalue weighted by atomic mass is 16.6. The molecule has 0 aromatic carbocycles. The van der Waals surface area contributed by atoms with Gasteiger partial charge < -0.3 is 20.2 Å². The Kier molecular flexibility index (Phi) is 2.57. The van der Waals surface area contributed by atoms with Crippen LogP contribution < -0.4 is 0 Å². The van der Waals surface area contributed by atoms with Gasteiger partial charge in [0.05, 0.1) is 0 Å². The summed E-state index contributed by atoms with van der Waals surface area (Å²) < 4.78 is 8.47. The quantitative estimate of drug-likeness (QED) is 0.486. The highest BCUT2D eigenvalue weighted by molar-refractivity contribution is 5.64. The molecule has 0 bridgehead atoms. The number of H-pyrrole nitrogens is 1. The maximum Gasteiger partial charge on any atom is 0.446 e. The SMILES string of the molecule is O=[N+]([O-])c1nonc1-c1n[nH]c(-c2nonc2[N+](=O)[O-])n1. The topological polar surface area (TPSA) is 206 Å². The molecule has 0 atom stereocenters. The average molecular weight is 295 g/mol. The summed E-state index contributed by atoms with van der Waals surface area (Å²) in [7, 11) is 0. The Morgan fingerprint density at radius 1 is 0.905 bits per heavy atom. The van der Waals surface area contributed by atoms with E-state index in [0.29, 0.717) is 0 Å². The molecule has 15 heteroatoms. The first kappa shape index (κ1) is 12.3. The summed E-state index contributed by atoms with van der Waals surface area (Å²) in [6.45, 7) is 0. The molecule has 0 fully saturated rings.